The summed E-state index contributed by atoms with van der Waals surface area (Å²) in [6, 6.07) is 10.3. The van der Waals surface area contributed by atoms with E-state index in [4.69, 9.17) is 9.47 Å². The van der Waals surface area contributed by atoms with Crippen molar-refractivity contribution in [1.82, 2.24) is 0 Å². The van der Waals surface area contributed by atoms with Gasteiger partial charge < -0.3 is 9.47 Å². The molecule has 0 N–H and O–H groups in total. The fourth-order valence-corrected chi connectivity index (χ4v) is 2.52. The van der Waals surface area contributed by atoms with Crippen molar-refractivity contribution in [1.29, 1.82) is 0 Å². The average Bonchev–Trinajstić information content (AvgIpc) is 2.80. The molecule has 0 aliphatic carbocycles. The van der Waals surface area contributed by atoms with Gasteiger partial charge >= 0.3 is 0 Å². The van der Waals surface area contributed by atoms with Crippen LogP contribution in [0.1, 0.15) is 38.2 Å². The van der Waals surface area contributed by atoms with Crippen LogP contribution in [0.25, 0.3) is 0 Å². The lowest BCUT2D eigenvalue weighted by molar-refractivity contribution is -0.0729. The van der Waals surface area contributed by atoms with Crippen LogP contribution in [0.2, 0.25) is 0 Å². The van der Waals surface area contributed by atoms with E-state index >= 15 is 0 Å². The van der Waals surface area contributed by atoms with E-state index in [2.05, 4.69) is 19.1 Å². The van der Waals surface area contributed by atoms with Crippen molar-refractivity contribution in [2.45, 2.75) is 44.8 Å². The molecule has 1 aliphatic rings. The predicted octanol–water partition coefficient (Wildman–Crippen LogP) is 3.55. The van der Waals surface area contributed by atoms with E-state index in [0.717, 1.165) is 32.5 Å². The molecule has 1 aliphatic heterocycles. The standard InChI is InChI=1S/C15H22O2/c1-2-9-15(10-6-11-17-15)13-16-12-14-7-4-3-5-8-14/h3-5,7-8H,2,6,9-13H2,1H3. The van der Waals surface area contributed by atoms with Gasteiger partial charge in [-0.3, -0.25) is 0 Å². The zero-order chi connectivity index (χ0) is 12.0. The molecule has 2 heteroatoms. The number of rotatable bonds is 6. The molecule has 0 saturated carbocycles. The van der Waals surface area contributed by atoms with Crippen LogP contribution in [-0.4, -0.2) is 18.8 Å². The summed E-state index contributed by atoms with van der Waals surface area (Å²) in [6.45, 7) is 4.53. The Morgan fingerprint density at radius 2 is 2.12 bits per heavy atom. The first kappa shape index (κ1) is 12.6. The van der Waals surface area contributed by atoms with Crippen molar-refractivity contribution >= 4 is 0 Å². The highest BCUT2D eigenvalue weighted by molar-refractivity contribution is 5.13. The van der Waals surface area contributed by atoms with Gasteiger partial charge in [-0.1, -0.05) is 43.7 Å². The predicted molar refractivity (Wildman–Crippen MR) is 68.9 cm³/mol. The molecule has 0 spiro atoms. The summed E-state index contributed by atoms with van der Waals surface area (Å²) >= 11 is 0. The normalized spacial score (nSPS) is 24.1. The first-order valence-corrected chi connectivity index (χ1v) is 6.60. The lowest BCUT2D eigenvalue weighted by Crippen LogP contribution is -2.33. The van der Waals surface area contributed by atoms with Crippen molar-refractivity contribution < 1.29 is 9.47 Å². The number of hydrogen-bond acceptors (Lipinski definition) is 2. The second-order valence-corrected chi connectivity index (χ2v) is 4.86. The third-order valence-corrected chi connectivity index (χ3v) is 3.37. The molecule has 0 aromatic heterocycles. The maximum atomic E-state index is 5.89. The summed E-state index contributed by atoms with van der Waals surface area (Å²) in [7, 11) is 0. The van der Waals surface area contributed by atoms with Gasteiger partial charge in [0.25, 0.3) is 0 Å². The van der Waals surface area contributed by atoms with Crippen molar-refractivity contribution in [2.75, 3.05) is 13.2 Å². The van der Waals surface area contributed by atoms with E-state index < -0.39 is 0 Å². The van der Waals surface area contributed by atoms with Crippen molar-refractivity contribution in [3.05, 3.63) is 35.9 Å². The van der Waals surface area contributed by atoms with E-state index in [1.807, 2.05) is 18.2 Å². The molecule has 1 saturated heterocycles. The fourth-order valence-electron chi connectivity index (χ4n) is 2.52. The maximum Gasteiger partial charge on any atom is 0.0915 e. The monoisotopic (exact) mass is 234 g/mol. The van der Waals surface area contributed by atoms with Gasteiger partial charge in [0.15, 0.2) is 0 Å². The third-order valence-electron chi connectivity index (χ3n) is 3.37. The van der Waals surface area contributed by atoms with Crippen LogP contribution in [0.5, 0.6) is 0 Å². The maximum absolute atomic E-state index is 5.89. The van der Waals surface area contributed by atoms with Gasteiger partial charge in [0.1, 0.15) is 0 Å². The molecule has 1 heterocycles. The van der Waals surface area contributed by atoms with Crippen LogP contribution in [0.3, 0.4) is 0 Å². The Labute approximate surface area is 104 Å². The van der Waals surface area contributed by atoms with Gasteiger partial charge in [0.2, 0.25) is 0 Å². The molecule has 94 valence electrons. The molecule has 1 aromatic rings. The number of ether oxygens (including phenoxy) is 2. The molecule has 1 aromatic carbocycles. The second kappa shape index (κ2) is 6.18. The lowest BCUT2D eigenvalue weighted by Gasteiger charge is -2.27. The SMILES string of the molecule is CCCC1(COCc2ccccc2)CCCO1. The number of hydrogen-bond donors (Lipinski definition) is 0. The second-order valence-electron chi connectivity index (χ2n) is 4.86. The van der Waals surface area contributed by atoms with Crippen LogP contribution < -0.4 is 0 Å². The molecule has 1 fully saturated rings. The molecule has 2 rings (SSSR count). The fraction of sp³-hybridized carbons (Fsp3) is 0.600. The summed E-state index contributed by atoms with van der Waals surface area (Å²) in [6.07, 6.45) is 4.60. The Morgan fingerprint density at radius 1 is 1.29 bits per heavy atom. The minimum Gasteiger partial charge on any atom is -0.374 e. The highest BCUT2D eigenvalue weighted by Crippen LogP contribution is 2.30. The van der Waals surface area contributed by atoms with E-state index in [9.17, 15) is 0 Å². The summed E-state index contributed by atoms with van der Waals surface area (Å²) in [5, 5.41) is 0. The zero-order valence-electron chi connectivity index (χ0n) is 10.7. The average molecular weight is 234 g/mol. The Bertz CT molecular complexity index is 315. The van der Waals surface area contributed by atoms with Crippen LogP contribution in [0.15, 0.2) is 30.3 Å². The highest BCUT2D eigenvalue weighted by Gasteiger charge is 2.34. The Balaban J connectivity index is 1.80. The van der Waals surface area contributed by atoms with Crippen LogP contribution >= 0.6 is 0 Å². The third kappa shape index (κ3) is 3.55. The first-order valence-electron chi connectivity index (χ1n) is 6.60. The molecular weight excluding hydrogens is 212 g/mol. The molecule has 2 nitrogen and oxygen atoms in total. The molecule has 0 amide bonds. The van der Waals surface area contributed by atoms with Crippen molar-refractivity contribution in [3.8, 4) is 0 Å². The van der Waals surface area contributed by atoms with Gasteiger partial charge in [0, 0.05) is 6.61 Å². The summed E-state index contributed by atoms with van der Waals surface area (Å²) in [5.41, 5.74) is 1.24. The molecule has 17 heavy (non-hydrogen) atoms. The molecule has 1 atom stereocenters. The van der Waals surface area contributed by atoms with Gasteiger partial charge in [0.05, 0.1) is 18.8 Å². The van der Waals surface area contributed by atoms with Crippen LogP contribution in [-0.2, 0) is 16.1 Å². The quantitative estimate of drug-likeness (QED) is 0.749. The van der Waals surface area contributed by atoms with Gasteiger partial charge in [-0.25, -0.2) is 0 Å². The largest absolute Gasteiger partial charge is 0.374 e. The lowest BCUT2D eigenvalue weighted by atomic mass is 9.95. The highest BCUT2D eigenvalue weighted by atomic mass is 16.5. The van der Waals surface area contributed by atoms with E-state index in [1.165, 1.54) is 12.0 Å². The number of benzene rings is 1. The summed E-state index contributed by atoms with van der Waals surface area (Å²) in [5.74, 6) is 0. The van der Waals surface area contributed by atoms with Crippen molar-refractivity contribution in [2.24, 2.45) is 0 Å². The Morgan fingerprint density at radius 3 is 2.76 bits per heavy atom. The van der Waals surface area contributed by atoms with Crippen LogP contribution in [0, 0.1) is 0 Å². The summed E-state index contributed by atoms with van der Waals surface area (Å²) < 4.78 is 11.7. The van der Waals surface area contributed by atoms with Crippen LogP contribution in [0.4, 0.5) is 0 Å². The molecule has 0 radical (unpaired) electrons. The molecule has 0 bridgehead atoms. The zero-order valence-corrected chi connectivity index (χ0v) is 10.7. The minimum atomic E-state index is 0.00350. The first-order chi connectivity index (χ1) is 8.35. The topological polar surface area (TPSA) is 18.5 Å². The minimum absolute atomic E-state index is 0.00350. The van der Waals surface area contributed by atoms with E-state index in [1.54, 1.807) is 0 Å². The van der Waals surface area contributed by atoms with Gasteiger partial charge in [-0.15, -0.1) is 0 Å². The van der Waals surface area contributed by atoms with E-state index in [-0.39, 0.29) is 5.60 Å². The molecule has 1 unspecified atom stereocenters. The van der Waals surface area contributed by atoms with Gasteiger partial charge in [-0.05, 0) is 24.8 Å². The molecular formula is C15H22O2. The Kier molecular flexibility index (Phi) is 4.57. The van der Waals surface area contributed by atoms with Gasteiger partial charge in [-0.2, -0.15) is 0 Å². The smallest absolute Gasteiger partial charge is 0.0915 e. The van der Waals surface area contributed by atoms with Crippen molar-refractivity contribution in [3.63, 3.8) is 0 Å². The summed E-state index contributed by atoms with van der Waals surface area (Å²) in [4.78, 5) is 0. The Hall–Kier alpha value is -0.860. The van der Waals surface area contributed by atoms with E-state index in [0.29, 0.717) is 6.61 Å².